The van der Waals surface area contributed by atoms with Gasteiger partial charge in [-0.1, -0.05) is 38.1 Å². The van der Waals surface area contributed by atoms with Crippen LogP contribution in [0.5, 0.6) is 0 Å². The summed E-state index contributed by atoms with van der Waals surface area (Å²) in [5.74, 6) is -2.31. The van der Waals surface area contributed by atoms with E-state index in [1.54, 1.807) is 32.0 Å². The Balaban J connectivity index is 1.95. The van der Waals surface area contributed by atoms with Crippen molar-refractivity contribution in [1.82, 2.24) is 9.97 Å². The van der Waals surface area contributed by atoms with Gasteiger partial charge in [-0.3, -0.25) is 0 Å². The minimum atomic E-state index is -4.99. The number of rotatable bonds is 2. The number of fused-ring (bicyclic) bond motifs is 2. The summed E-state index contributed by atoms with van der Waals surface area (Å²) in [6.07, 6.45) is -4.39. The van der Waals surface area contributed by atoms with Gasteiger partial charge in [0.15, 0.2) is 17.2 Å². The highest BCUT2D eigenvalue weighted by Gasteiger charge is 2.63. The Morgan fingerprint density at radius 1 is 1.16 bits per heavy atom. The Hall–Kier alpha value is -2.81. The summed E-state index contributed by atoms with van der Waals surface area (Å²) in [5, 5.41) is 13.6. The smallest absolute Gasteiger partial charge is 0.379 e. The number of nitrogens with one attached hydrogen (secondary N) is 1. The van der Waals surface area contributed by atoms with Crippen LogP contribution in [0, 0.1) is 18.6 Å². The Kier molecular flexibility index (Phi) is 4.73. The average Bonchev–Trinajstić information content (AvgIpc) is 2.67. The van der Waals surface area contributed by atoms with Crippen LogP contribution in [0.3, 0.4) is 0 Å². The van der Waals surface area contributed by atoms with Crippen LogP contribution in [0.15, 0.2) is 36.5 Å². The molecule has 164 valence electrons. The summed E-state index contributed by atoms with van der Waals surface area (Å²) < 4.78 is 71.1. The van der Waals surface area contributed by atoms with Gasteiger partial charge in [-0.15, -0.1) is 0 Å². The number of aliphatic hydroxyl groups is 1. The molecule has 0 spiro atoms. The molecule has 2 unspecified atom stereocenters. The molecule has 3 aromatic rings. The number of alkyl halides is 3. The zero-order chi connectivity index (χ0) is 22.8. The number of aromatic nitrogens is 2. The Morgan fingerprint density at radius 3 is 2.52 bits per heavy atom. The van der Waals surface area contributed by atoms with E-state index in [9.17, 15) is 27.1 Å². The first-order chi connectivity index (χ1) is 14.3. The predicted octanol–water partition coefficient (Wildman–Crippen LogP) is 5.34. The van der Waals surface area contributed by atoms with E-state index in [1.807, 2.05) is 0 Å². The van der Waals surface area contributed by atoms with Crippen LogP contribution in [-0.4, -0.2) is 26.9 Å². The SMILES string of the molecule is Cc1ncc2c(NC3c4ccccc4C(C)(C)CC3(O)C(F)(F)F)cc(F)c(F)c2n1. The van der Waals surface area contributed by atoms with Crippen molar-refractivity contribution in [1.29, 1.82) is 0 Å². The number of aryl methyl sites for hydroxylation is 1. The molecule has 0 bridgehead atoms. The first-order valence-corrected chi connectivity index (χ1v) is 9.61. The second-order valence-corrected chi connectivity index (χ2v) is 8.55. The number of halogens is 5. The van der Waals surface area contributed by atoms with E-state index in [4.69, 9.17) is 0 Å². The van der Waals surface area contributed by atoms with Crippen LogP contribution in [0.25, 0.3) is 10.9 Å². The Morgan fingerprint density at radius 2 is 1.84 bits per heavy atom. The molecule has 0 amide bonds. The fourth-order valence-corrected chi connectivity index (χ4v) is 4.44. The molecule has 1 aliphatic rings. The molecule has 4 nitrogen and oxygen atoms in total. The molecule has 31 heavy (non-hydrogen) atoms. The van der Waals surface area contributed by atoms with Gasteiger partial charge >= 0.3 is 6.18 Å². The highest BCUT2D eigenvalue weighted by molar-refractivity contribution is 5.91. The monoisotopic (exact) mass is 437 g/mol. The van der Waals surface area contributed by atoms with Crippen molar-refractivity contribution >= 4 is 16.6 Å². The molecular weight excluding hydrogens is 417 g/mol. The van der Waals surface area contributed by atoms with Crippen molar-refractivity contribution in [2.24, 2.45) is 0 Å². The van der Waals surface area contributed by atoms with Crippen molar-refractivity contribution in [2.75, 3.05) is 5.32 Å². The van der Waals surface area contributed by atoms with Gasteiger partial charge in [0.25, 0.3) is 0 Å². The fourth-order valence-electron chi connectivity index (χ4n) is 4.44. The number of hydrogen-bond acceptors (Lipinski definition) is 4. The molecule has 1 aliphatic carbocycles. The van der Waals surface area contributed by atoms with Crippen molar-refractivity contribution in [2.45, 2.75) is 50.4 Å². The van der Waals surface area contributed by atoms with Crippen molar-refractivity contribution in [3.05, 3.63) is 65.1 Å². The second kappa shape index (κ2) is 6.85. The zero-order valence-corrected chi connectivity index (χ0v) is 17.0. The van der Waals surface area contributed by atoms with Crippen LogP contribution >= 0.6 is 0 Å². The minimum Gasteiger partial charge on any atom is -0.379 e. The van der Waals surface area contributed by atoms with Crippen LogP contribution in [0.1, 0.15) is 43.3 Å². The largest absolute Gasteiger partial charge is 0.419 e. The molecule has 9 heteroatoms. The highest BCUT2D eigenvalue weighted by Crippen LogP contribution is 2.54. The van der Waals surface area contributed by atoms with Gasteiger partial charge < -0.3 is 10.4 Å². The molecule has 2 aromatic carbocycles. The van der Waals surface area contributed by atoms with Gasteiger partial charge in [0.05, 0.1) is 6.04 Å². The summed E-state index contributed by atoms with van der Waals surface area (Å²) >= 11 is 0. The normalized spacial score (nSPS) is 22.9. The summed E-state index contributed by atoms with van der Waals surface area (Å²) in [7, 11) is 0. The summed E-state index contributed by atoms with van der Waals surface area (Å²) in [4.78, 5) is 7.85. The van der Waals surface area contributed by atoms with E-state index >= 15 is 0 Å². The molecule has 2 atom stereocenters. The van der Waals surface area contributed by atoms with Crippen LogP contribution in [0.2, 0.25) is 0 Å². The summed E-state index contributed by atoms with van der Waals surface area (Å²) in [5.41, 5.74) is -3.78. The lowest BCUT2D eigenvalue weighted by molar-refractivity contribution is -0.275. The second-order valence-electron chi connectivity index (χ2n) is 8.55. The van der Waals surface area contributed by atoms with Crippen LogP contribution < -0.4 is 5.32 Å². The van der Waals surface area contributed by atoms with Gasteiger partial charge in [0.2, 0.25) is 0 Å². The number of nitrogens with zero attached hydrogens (tertiary/aromatic N) is 2. The van der Waals surface area contributed by atoms with Crippen LogP contribution in [-0.2, 0) is 5.41 Å². The Bertz CT molecular complexity index is 1180. The van der Waals surface area contributed by atoms with E-state index in [-0.39, 0.29) is 28.0 Å². The maximum atomic E-state index is 14.3. The van der Waals surface area contributed by atoms with Gasteiger partial charge in [0, 0.05) is 23.3 Å². The van der Waals surface area contributed by atoms with Gasteiger partial charge in [-0.25, -0.2) is 18.7 Å². The first kappa shape index (κ1) is 21.4. The van der Waals surface area contributed by atoms with Gasteiger partial charge in [-0.2, -0.15) is 13.2 Å². The fraction of sp³-hybridized carbons (Fsp3) is 0.364. The van der Waals surface area contributed by atoms with E-state index < -0.39 is 41.3 Å². The topological polar surface area (TPSA) is 58.0 Å². The summed E-state index contributed by atoms with van der Waals surface area (Å²) in [6, 6.07) is 5.57. The molecule has 1 aromatic heterocycles. The average molecular weight is 437 g/mol. The lowest BCUT2D eigenvalue weighted by atomic mass is 9.63. The molecule has 4 rings (SSSR count). The standard InChI is InChI=1S/C22H20F5N3O/c1-11-28-9-13-16(8-15(23)17(24)18(13)29-11)30-19-12-6-4-5-7-14(12)20(2,3)10-21(19,31)22(25,26)27/h4-9,19,30-31H,10H2,1-3H3. The molecule has 0 radical (unpaired) electrons. The predicted molar refractivity (Wildman–Crippen MR) is 106 cm³/mol. The van der Waals surface area contributed by atoms with Gasteiger partial charge in [-0.05, 0) is 29.9 Å². The highest BCUT2D eigenvalue weighted by atomic mass is 19.4. The van der Waals surface area contributed by atoms with E-state index in [0.717, 1.165) is 6.07 Å². The molecule has 0 aliphatic heterocycles. The lowest BCUT2D eigenvalue weighted by Gasteiger charge is -2.49. The third-order valence-electron chi connectivity index (χ3n) is 5.87. The molecule has 0 fully saturated rings. The van der Waals surface area contributed by atoms with Crippen LogP contribution in [0.4, 0.5) is 27.6 Å². The molecular formula is C22H20F5N3O. The third-order valence-corrected chi connectivity index (χ3v) is 5.87. The Labute approximate surface area is 175 Å². The molecule has 1 heterocycles. The molecule has 2 N–H and O–H groups in total. The van der Waals surface area contributed by atoms with Crippen molar-refractivity contribution in [3.63, 3.8) is 0 Å². The number of anilines is 1. The van der Waals surface area contributed by atoms with Gasteiger partial charge in [0.1, 0.15) is 11.3 Å². The van der Waals surface area contributed by atoms with E-state index in [0.29, 0.717) is 5.56 Å². The molecule has 0 saturated carbocycles. The van der Waals surface area contributed by atoms with E-state index in [2.05, 4.69) is 15.3 Å². The van der Waals surface area contributed by atoms with Crippen molar-refractivity contribution < 1.29 is 27.1 Å². The lowest BCUT2D eigenvalue weighted by Crippen LogP contribution is -2.58. The van der Waals surface area contributed by atoms with E-state index in [1.165, 1.54) is 19.2 Å². The number of hydrogen-bond donors (Lipinski definition) is 2. The maximum absolute atomic E-state index is 14.3. The maximum Gasteiger partial charge on any atom is 0.419 e. The minimum absolute atomic E-state index is 0.0105. The first-order valence-electron chi connectivity index (χ1n) is 9.61. The number of benzene rings is 2. The summed E-state index contributed by atoms with van der Waals surface area (Å²) in [6.45, 7) is 4.74. The quantitative estimate of drug-likeness (QED) is 0.531. The van der Waals surface area contributed by atoms with Crippen molar-refractivity contribution in [3.8, 4) is 0 Å². The zero-order valence-electron chi connectivity index (χ0n) is 17.0. The third kappa shape index (κ3) is 3.31. The molecule has 0 saturated heterocycles.